The van der Waals surface area contributed by atoms with Gasteiger partial charge in [0.15, 0.2) is 0 Å². The van der Waals surface area contributed by atoms with E-state index >= 15 is 0 Å². The molecule has 0 spiro atoms. The highest BCUT2D eigenvalue weighted by molar-refractivity contribution is 6.00. The smallest absolute Gasteiger partial charge is 0.257 e. The van der Waals surface area contributed by atoms with Crippen molar-refractivity contribution in [2.75, 3.05) is 39.2 Å². The van der Waals surface area contributed by atoms with Crippen LogP contribution < -0.4 is 10.1 Å². The van der Waals surface area contributed by atoms with Crippen LogP contribution in [-0.2, 0) is 9.53 Å². The van der Waals surface area contributed by atoms with E-state index in [2.05, 4.69) is 10.3 Å². The third-order valence-electron chi connectivity index (χ3n) is 6.85. The lowest BCUT2D eigenvalue weighted by Gasteiger charge is -2.36. The summed E-state index contributed by atoms with van der Waals surface area (Å²) < 4.78 is 11.9. The molecule has 2 aliphatic rings. The zero-order chi connectivity index (χ0) is 25.8. The largest absolute Gasteiger partial charge is 0.491 e. The van der Waals surface area contributed by atoms with Crippen molar-refractivity contribution in [3.63, 3.8) is 0 Å². The van der Waals surface area contributed by atoms with Crippen LogP contribution in [0.15, 0.2) is 42.7 Å². The summed E-state index contributed by atoms with van der Waals surface area (Å²) in [7, 11) is 3.33. The van der Waals surface area contributed by atoms with Crippen LogP contribution >= 0.6 is 0 Å². The average molecular weight is 495 g/mol. The number of aromatic nitrogens is 1. The Morgan fingerprint density at radius 2 is 1.83 bits per heavy atom. The van der Waals surface area contributed by atoms with Crippen molar-refractivity contribution in [2.45, 2.75) is 38.8 Å². The molecule has 2 heterocycles. The van der Waals surface area contributed by atoms with Gasteiger partial charge < -0.3 is 24.6 Å². The number of ether oxygens (including phenoxy) is 2. The van der Waals surface area contributed by atoms with E-state index in [0.717, 1.165) is 12.8 Å². The number of carbonyl (C=O) groups is 3. The van der Waals surface area contributed by atoms with Gasteiger partial charge in [0, 0.05) is 62.7 Å². The molecule has 1 aromatic carbocycles. The predicted octanol–water partition coefficient (Wildman–Crippen LogP) is 3.08. The number of nitrogens with zero attached hydrogens (tertiary/aromatic N) is 3. The van der Waals surface area contributed by atoms with Gasteiger partial charge in [0.25, 0.3) is 11.8 Å². The Bertz CT molecular complexity index is 1100. The number of benzene rings is 1. The second-order valence-corrected chi connectivity index (χ2v) is 9.77. The predicted molar refractivity (Wildman–Crippen MR) is 135 cm³/mol. The van der Waals surface area contributed by atoms with Crippen LogP contribution in [-0.4, -0.2) is 78.5 Å². The lowest BCUT2D eigenvalue weighted by atomic mass is 10.0. The maximum Gasteiger partial charge on any atom is 0.257 e. The lowest BCUT2D eigenvalue weighted by molar-refractivity contribution is -0.117. The number of rotatable bonds is 4. The van der Waals surface area contributed by atoms with Gasteiger partial charge >= 0.3 is 0 Å². The van der Waals surface area contributed by atoms with E-state index in [-0.39, 0.29) is 48.3 Å². The minimum absolute atomic E-state index is 0.0306. The van der Waals surface area contributed by atoms with Crippen molar-refractivity contribution in [2.24, 2.45) is 11.8 Å². The number of methoxy groups -OCH3 is 1. The summed E-state index contributed by atoms with van der Waals surface area (Å²) in [6.45, 7) is 4.90. The molecule has 36 heavy (non-hydrogen) atoms. The molecule has 0 radical (unpaired) electrons. The van der Waals surface area contributed by atoms with Crippen LogP contribution in [0.4, 0.5) is 5.69 Å². The Hall–Kier alpha value is -3.46. The van der Waals surface area contributed by atoms with Gasteiger partial charge in [-0.3, -0.25) is 19.4 Å². The molecule has 4 rings (SSSR count). The summed E-state index contributed by atoms with van der Waals surface area (Å²) >= 11 is 0. The normalized spacial score (nSPS) is 23.1. The molecule has 9 heteroatoms. The summed E-state index contributed by atoms with van der Waals surface area (Å²) in [5, 5.41) is 2.90. The van der Waals surface area contributed by atoms with E-state index in [9.17, 15) is 14.4 Å². The number of amides is 3. The number of hydrogen-bond donors (Lipinski definition) is 1. The van der Waals surface area contributed by atoms with Crippen molar-refractivity contribution < 1.29 is 23.9 Å². The topological polar surface area (TPSA) is 101 Å². The third kappa shape index (κ3) is 5.84. The van der Waals surface area contributed by atoms with E-state index in [1.165, 1.54) is 0 Å². The van der Waals surface area contributed by atoms with E-state index in [0.29, 0.717) is 35.7 Å². The van der Waals surface area contributed by atoms with Gasteiger partial charge in [-0.25, -0.2) is 0 Å². The molecule has 1 aliphatic carbocycles. The fourth-order valence-electron chi connectivity index (χ4n) is 4.39. The fraction of sp³-hybridized carbons (Fsp3) is 0.481. The molecule has 0 bridgehead atoms. The standard InChI is InChI=1S/C27H34N4O5/c1-17-14-31(26(33)20-9-11-28-12-10-20)18(2)16-36-23-8-7-21(29-25(32)19-5-6-19)13-22(23)27(34)30(3)15-24(17)35-4/h7-13,17-19,24H,5-6,14-16H2,1-4H3,(H,29,32)/t17-,18+,24-/m1/s1. The number of anilines is 1. The summed E-state index contributed by atoms with van der Waals surface area (Å²) in [5.74, 6) is 0.0321. The van der Waals surface area contributed by atoms with Gasteiger partial charge in [-0.15, -0.1) is 0 Å². The maximum atomic E-state index is 13.5. The minimum Gasteiger partial charge on any atom is -0.491 e. The van der Waals surface area contributed by atoms with Crippen molar-refractivity contribution in [1.29, 1.82) is 0 Å². The number of pyridine rings is 1. The van der Waals surface area contributed by atoms with Gasteiger partial charge in [-0.2, -0.15) is 0 Å². The fourth-order valence-corrected chi connectivity index (χ4v) is 4.39. The number of hydrogen-bond acceptors (Lipinski definition) is 6. The van der Waals surface area contributed by atoms with Crippen LogP contribution in [0.2, 0.25) is 0 Å². The quantitative estimate of drug-likeness (QED) is 0.701. The van der Waals surface area contributed by atoms with E-state index in [1.807, 2.05) is 13.8 Å². The Balaban J connectivity index is 1.65. The SMILES string of the molecule is CO[C@@H]1CN(C)C(=O)c2cc(NC(=O)C3CC3)ccc2OC[C@H](C)N(C(=O)c2ccncc2)C[C@H]1C. The van der Waals surface area contributed by atoms with Gasteiger partial charge in [0.2, 0.25) is 5.91 Å². The average Bonchev–Trinajstić information content (AvgIpc) is 3.74. The number of carbonyl (C=O) groups excluding carboxylic acids is 3. The molecule has 9 nitrogen and oxygen atoms in total. The third-order valence-corrected chi connectivity index (χ3v) is 6.85. The van der Waals surface area contributed by atoms with Crippen LogP contribution in [0.3, 0.4) is 0 Å². The summed E-state index contributed by atoms with van der Waals surface area (Å²) in [6, 6.07) is 8.22. The zero-order valence-corrected chi connectivity index (χ0v) is 21.3. The highest BCUT2D eigenvalue weighted by Gasteiger charge is 2.32. The molecule has 1 aliphatic heterocycles. The molecular formula is C27H34N4O5. The molecule has 3 amide bonds. The summed E-state index contributed by atoms with van der Waals surface area (Å²) in [4.78, 5) is 46.6. The molecule has 3 atom stereocenters. The highest BCUT2D eigenvalue weighted by atomic mass is 16.5. The van der Waals surface area contributed by atoms with Gasteiger partial charge in [0.1, 0.15) is 12.4 Å². The van der Waals surface area contributed by atoms with Gasteiger partial charge in [-0.05, 0) is 50.1 Å². The molecular weight excluding hydrogens is 460 g/mol. The monoisotopic (exact) mass is 494 g/mol. The molecule has 1 fully saturated rings. The molecule has 1 saturated carbocycles. The Morgan fingerprint density at radius 3 is 2.50 bits per heavy atom. The van der Waals surface area contributed by atoms with E-state index < -0.39 is 0 Å². The van der Waals surface area contributed by atoms with Gasteiger partial charge in [-0.1, -0.05) is 6.92 Å². The molecule has 0 unspecified atom stereocenters. The number of likely N-dealkylation sites (N-methyl/N-ethyl adjacent to an activating group) is 1. The Morgan fingerprint density at radius 1 is 1.11 bits per heavy atom. The number of fused-ring (bicyclic) bond motifs is 1. The lowest BCUT2D eigenvalue weighted by Crippen LogP contribution is -2.48. The number of nitrogens with one attached hydrogen (secondary N) is 1. The maximum absolute atomic E-state index is 13.5. The Kier molecular flexibility index (Phi) is 7.88. The first-order valence-electron chi connectivity index (χ1n) is 12.4. The van der Waals surface area contributed by atoms with Gasteiger partial charge in [0.05, 0.1) is 17.7 Å². The molecule has 1 aromatic heterocycles. The second kappa shape index (κ2) is 11.1. The van der Waals surface area contributed by atoms with E-state index in [4.69, 9.17) is 9.47 Å². The van der Waals surface area contributed by atoms with E-state index in [1.54, 1.807) is 66.7 Å². The zero-order valence-electron chi connectivity index (χ0n) is 21.3. The van der Waals surface area contributed by atoms with Crippen LogP contribution in [0.1, 0.15) is 47.4 Å². The first-order chi connectivity index (χ1) is 17.3. The molecule has 2 aromatic rings. The van der Waals surface area contributed by atoms with Crippen molar-refractivity contribution in [3.05, 3.63) is 53.9 Å². The second-order valence-electron chi connectivity index (χ2n) is 9.77. The summed E-state index contributed by atoms with van der Waals surface area (Å²) in [5.41, 5.74) is 1.46. The molecule has 0 saturated heterocycles. The first kappa shape index (κ1) is 25.6. The first-order valence-corrected chi connectivity index (χ1v) is 12.4. The summed E-state index contributed by atoms with van der Waals surface area (Å²) in [6.07, 6.45) is 4.70. The van der Waals surface area contributed by atoms with Crippen LogP contribution in [0, 0.1) is 11.8 Å². The highest BCUT2D eigenvalue weighted by Crippen LogP contribution is 2.31. The molecule has 1 N–H and O–H groups in total. The molecule has 192 valence electrons. The Labute approximate surface area is 211 Å². The van der Waals surface area contributed by atoms with Crippen molar-refractivity contribution in [1.82, 2.24) is 14.8 Å². The van der Waals surface area contributed by atoms with Crippen LogP contribution in [0.5, 0.6) is 5.75 Å². The van der Waals surface area contributed by atoms with Crippen molar-refractivity contribution >= 4 is 23.4 Å². The minimum atomic E-state index is -0.291. The van der Waals surface area contributed by atoms with Crippen molar-refractivity contribution in [3.8, 4) is 5.75 Å². The van der Waals surface area contributed by atoms with Crippen LogP contribution in [0.25, 0.3) is 0 Å².